The van der Waals surface area contributed by atoms with Crippen LogP contribution in [0.1, 0.15) is 5.56 Å². The Morgan fingerprint density at radius 3 is 2.67 bits per heavy atom. The highest BCUT2D eigenvalue weighted by molar-refractivity contribution is 7.98. The molecule has 0 fully saturated rings. The van der Waals surface area contributed by atoms with Crippen LogP contribution in [0.3, 0.4) is 0 Å². The van der Waals surface area contributed by atoms with E-state index in [0.717, 1.165) is 10.5 Å². The highest BCUT2D eigenvalue weighted by Crippen LogP contribution is 2.25. The monoisotopic (exact) mass is 345 g/mol. The number of thioether (sulfide) groups is 1. The maximum absolute atomic E-state index is 11.7. The average molecular weight is 345 g/mol. The van der Waals surface area contributed by atoms with Crippen molar-refractivity contribution in [1.29, 1.82) is 0 Å². The van der Waals surface area contributed by atoms with E-state index in [0.29, 0.717) is 0 Å². The summed E-state index contributed by atoms with van der Waals surface area (Å²) in [7, 11) is 0. The second-order valence-corrected chi connectivity index (χ2v) is 5.46. The zero-order chi connectivity index (χ0) is 17.4. The van der Waals surface area contributed by atoms with Crippen molar-refractivity contribution in [3.05, 3.63) is 64.2 Å². The molecule has 0 saturated carbocycles. The second kappa shape index (κ2) is 8.68. The summed E-state index contributed by atoms with van der Waals surface area (Å²) >= 11 is 1.64. The van der Waals surface area contributed by atoms with Crippen LogP contribution in [0, 0.1) is 10.1 Å². The molecule has 0 heterocycles. The number of rotatable bonds is 7. The first-order chi connectivity index (χ1) is 11.6. The van der Waals surface area contributed by atoms with Crippen LogP contribution in [-0.4, -0.2) is 29.9 Å². The zero-order valence-electron chi connectivity index (χ0n) is 12.8. The molecule has 8 heteroatoms. The Kier molecular flexibility index (Phi) is 6.32. The van der Waals surface area contributed by atoms with Gasteiger partial charge in [-0.2, -0.15) is 5.10 Å². The second-order valence-electron chi connectivity index (χ2n) is 4.58. The Balaban J connectivity index is 1.85. The van der Waals surface area contributed by atoms with E-state index in [-0.39, 0.29) is 18.0 Å². The molecule has 0 atom stereocenters. The number of para-hydroxylation sites is 2. The summed E-state index contributed by atoms with van der Waals surface area (Å²) in [6.07, 6.45) is 3.49. The van der Waals surface area contributed by atoms with Gasteiger partial charge >= 0.3 is 5.69 Å². The van der Waals surface area contributed by atoms with Gasteiger partial charge in [-0.1, -0.05) is 24.3 Å². The highest BCUT2D eigenvalue weighted by Gasteiger charge is 2.14. The van der Waals surface area contributed by atoms with Crippen LogP contribution in [0.2, 0.25) is 0 Å². The van der Waals surface area contributed by atoms with Gasteiger partial charge in [0, 0.05) is 11.0 Å². The van der Waals surface area contributed by atoms with E-state index in [1.54, 1.807) is 17.8 Å². The molecule has 0 bridgehead atoms. The lowest BCUT2D eigenvalue weighted by Crippen LogP contribution is -2.24. The Morgan fingerprint density at radius 1 is 1.29 bits per heavy atom. The fourth-order valence-electron chi connectivity index (χ4n) is 1.77. The first kappa shape index (κ1) is 17.5. The summed E-state index contributed by atoms with van der Waals surface area (Å²) in [6.45, 7) is -0.367. The molecule has 0 radical (unpaired) electrons. The van der Waals surface area contributed by atoms with E-state index < -0.39 is 10.8 Å². The van der Waals surface area contributed by atoms with Crippen molar-refractivity contribution < 1.29 is 14.5 Å². The molecule has 7 nitrogen and oxygen atoms in total. The molecule has 0 unspecified atom stereocenters. The smallest absolute Gasteiger partial charge is 0.310 e. The zero-order valence-corrected chi connectivity index (χ0v) is 13.7. The lowest BCUT2D eigenvalue weighted by atomic mass is 10.2. The van der Waals surface area contributed by atoms with Gasteiger partial charge in [-0.15, -0.1) is 11.8 Å². The Bertz CT molecular complexity index is 747. The third-order valence-electron chi connectivity index (χ3n) is 2.94. The SMILES string of the molecule is CSc1ccc(/C=N/NC(=O)COc2ccccc2[N+](=O)[O-])cc1. The summed E-state index contributed by atoms with van der Waals surface area (Å²) in [4.78, 5) is 23.1. The van der Waals surface area contributed by atoms with Crippen LogP contribution < -0.4 is 10.2 Å². The maximum atomic E-state index is 11.7. The van der Waals surface area contributed by atoms with E-state index in [9.17, 15) is 14.9 Å². The molecule has 0 spiro atoms. The Morgan fingerprint density at radius 2 is 2.00 bits per heavy atom. The fraction of sp³-hybridized carbons (Fsp3) is 0.125. The van der Waals surface area contributed by atoms with Crippen molar-refractivity contribution in [2.24, 2.45) is 5.10 Å². The van der Waals surface area contributed by atoms with Crippen LogP contribution in [0.5, 0.6) is 5.75 Å². The number of ether oxygens (including phenoxy) is 1. The number of nitro benzene ring substituents is 1. The topological polar surface area (TPSA) is 93.8 Å². The molecule has 2 aromatic carbocycles. The van der Waals surface area contributed by atoms with Crippen LogP contribution >= 0.6 is 11.8 Å². The number of benzene rings is 2. The van der Waals surface area contributed by atoms with Crippen molar-refractivity contribution in [3.8, 4) is 5.75 Å². The van der Waals surface area contributed by atoms with Crippen LogP contribution in [-0.2, 0) is 4.79 Å². The van der Waals surface area contributed by atoms with Crippen molar-refractivity contribution in [2.75, 3.05) is 12.9 Å². The molecule has 1 amide bonds. The van der Waals surface area contributed by atoms with E-state index in [1.165, 1.54) is 24.4 Å². The van der Waals surface area contributed by atoms with E-state index >= 15 is 0 Å². The van der Waals surface area contributed by atoms with E-state index in [1.807, 2.05) is 30.5 Å². The normalized spacial score (nSPS) is 10.5. The predicted octanol–water partition coefficient (Wildman–Crippen LogP) is 2.85. The molecule has 0 saturated heterocycles. The van der Waals surface area contributed by atoms with Crippen LogP contribution in [0.25, 0.3) is 0 Å². The minimum absolute atomic E-state index is 0.0364. The van der Waals surface area contributed by atoms with Gasteiger partial charge in [0.05, 0.1) is 11.1 Å². The molecule has 0 aliphatic heterocycles. The lowest BCUT2D eigenvalue weighted by molar-refractivity contribution is -0.385. The standard InChI is InChI=1S/C16H15N3O4S/c1-24-13-8-6-12(7-9-13)10-17-18-16(20)11-23-15-5-3-2-4-14(15)19(21)22/h2-10H,11H2,1H3,(H,18,20)/b17-10+. The predicted molar refractivity (Wildman–Crippen MR) is 92.6 cm³/mol. The first-order valence-corrected chi connectivity index (χ1v) is 8.15. The first-order valence-electron chi connectivity index (χ1n) is 6.92. The summed E-state index contributed by atoms with van der Waals surface area (Å²) in [5, 5.41) is 14.7. The van der Waals surface area contributed by atoms with Crippen molar-refractivity contribution in [2.45, 2.75) is 4.90 Å². The summed E-state index contributed by atoms with van der Waals surface area (Å²) in [6, 6.07) is 13.5. The molecule has 24 heavy (non-hydrogen) atoms. The Labute approximate surface area is 142 Å². The molecular weight excluding hydrogens is 330 g/mol. The van der Waals surface area contributed by atoms with Crippen molar-refractivity contribution in [1.82, 2.24) is 5.43 Å². The van der Waals surface area contributed by atoms with Crippen molar-refractivity contribution in [3.63, 3.8) is 0 Å². The van der Waals surface area contributed by atoms with Crippen molar-refractivity contribution >= 4 is 29.6 Å². The number of carbonyl (C=O) groups is 1. The van der Waals surface area contributed by atoms with Crippen LogP contribution in [0.4, 0.5) is 5.69 Å². The van der Waals surface area contributed by atoms with Gasteiger partial charge in [-0.3, -0.25) is 14.9 Å². The molecule has 0 aromatic heterocycles. The number of hydrogen-bond donors (Lipinski definition) is 1. The van der Waals surface area contributed by atoms with Gasteiger partial charge in [0.15, 0.2) is 12.4 Å². The molecule has 124 valence electrons. The molecule has 1 N–H and O–H groups in total. The third kappa shape index (κ3) is 5.10. The van der Waals surface area contributed by atoms with Gasteiger partial charge in [0.25, 0.3) is 5.91 Å². The number of amides is 1. The molecule has 0 aliphatic rings. The highest BCUT2D eigenvalue weighted by atomic mass is 32.2. The lowest BCUT2D eigenvalue weighted by Gasteiger charge is -2.05. The van der Waals surface area contributed by atoms with Gasteiger partial charge < -0.3 is 4.74 Å². The molecule has 2 aromatic rings. The summed E-state index contributed by atoms with van der Waals surface area (Å²) in [5.74, 6) is -0.473. The largest absolute Gasteiger partial charge is 0.477 e. The number of hydrazone groups is 1. The Hall–Kier alpha value is -2.87. The number of hydrogen-bond acceptors (Lipinski definition) is 6. The quantitative estimate of drug-likeness (QED) is 0.360. The summed E-state index contributed by atoms with van der Waals surface area (Å²) < 4.78 is 5.16. The van der Waals surface area contributed by atoms with Crippen LogP contribution in [0.15, 0.2) is 58.5 Å². The number of nitrogens with one attached hydrogen (secondary N) is 1. The molecular formula is C16H15N3O4S. The van der Waals surface area contributed by atoms with E-state index in [4.69, 9.17) is 4.74 Å². The minimum atomic E-state index is -0.566. The molecule has 2 rings (SSSR count). The minimum Gasteiger partial charge on any atom is -0.477 e. The van der Waals surface area contributed by atoms with E-state index in [2.05, 4.69) is 10.5 Å². The van der Waals surface area contributed by atoms with Gasteiger partial charge in [-0.05, 0) is 30.0 Å². The average Bonchev–Trinajstić information content (AvgIpc) is 2.60. The third-order valence-corrected chi connectivity index (χ3v) is 3.68. The van der Waals surface area contributed by atoms with Gasteiger partial charge in [0.2, 0.25) is 0 Å². The number of nitro groups is 1. The van der Waals surface area contributed by atoms with Gasteiger partial charge in [-0.25, -0.2) is 5.43 Å². The maximum Gasteiger partial charge on any atom is 0.310 e. The number of nitrogens with zero attached hydrogens (tertiary/aromatic N) is 2. The molecule has 0 aliphatic carbocycles. The van der Waals surface area contributed by atoms with Gasteiger partial charge in [0.1, 0.15) is 0 Å². The summed E-state index contributed by atoms with van der Waals surface area (Å²) in [5.41, 5.74) is 2.96. The fourth-order valence-corrected chi connectivity index (χ4v) is 2.18. The number of carbonyl (C=O) groups excluding carboxylic acids is 1.